The summed E-state index contributed by atoms with van der Waals surface area (Å²) in [6.45, 7) is 3.15. The molecule has 19 heavy (non-hydrogen) atoms. The van der Waals surface area contributed by atoms with Gasteiger partial charge in [0.15, 0.2) is 0 Å². The van der Waals surface area contributed by atoms with E-state index >= 15 is 0 Å². The van der Waals surface area contributed by atoms with Crippen LogP contribution in [-0.2, 0) is 19.4 Å². The Bertz CT molecular complexity index is 542. The monoisotopic (exact) mass is 259 g/mol. The van der Waals surface area contributed by atoms with Crippen molar-refractivity contribution in [2.24, 2.45) is 0 Å². The van der Waals surface area contributed by atoms with Crippen LogP contribution in [0.4, 0.5) is 0 Å². The molecule has 4 nitrogen and oxygen atoms in total. The zero-order valence-electron chi connectivity index (χ0n) is 11.4. The summed E-state index contributed by atoms with van der Waals surface area (Å²) in [5, 5.41) is 10.0. The smallest absolute Gasteiger partial charge is 0.106 e. The third-order valence-electron chi connectivity index (χ3n) is 4.05. The van der Waals surface area contributed by atoms with E-state index in [0.29, 0.717) is 0 Å². The molecule has 1 aliphatic rings. The Morgan fingerprint density at radius 1 is 1.53 bits per heavy atom. The summed E-state index contributed by atoms with van der Waals surface area (Å²) >= 11 is 0. The van der Waals surface area contributed by atoms with E-state index in [1.54, 1.807) is 6.20 Å². The van der Waals surface area contributed by atoms with Crippen molar-refractivity contribution in [1.82, 2.24) is 14.5 Å². The van der Waals surface area contributed by atoms with E-state index in [1.165, 1.54) is 11.4 Å². The van der Waals surface area contributed by atoms with E-state index in [-0.39, 0.29) is 6.10 Å². The van der Waals surface area contributed by atoms with Gasteiger partial charge in [0.05, 0.1) is 6.10 Å². The van der Waals surface area contributed by atoms with Gasteiger partial charge in [-0.15, -0.1) is 0 Å². The molecule has 3 rings (SSSR count). The van der Waals surface area contributed by atoms with Gasteiger partial charge < -0.3 is 14.7 Å². The number of nitrogens with zero attached hydrogens (tertiary/aromatic N) is 2. The van der Waals surface area contributed by atoms with Crippen LogP contribution in [-0.4, -0.2) is 19.6 Å². The molecule has 0 saturated carbocycles. The van der Waals surface area contributed by atoms with E-state index in [2.05, 4.69) is 27.5 Å². The summed E-state index contributed by atoms with van der Waals surface area (Å²) in [5.74, 6) is 1.05. The molecule has 0 aromatic carbocycles. The number of aromatic nitrogens is 3. The van der Waals surface area contributed by atoms with Crippen LogP contribution >= 0.6 is 0 Å². The Morgan fingerprint density at radius 3 is 3.21 bits per heavy atom. The van der Waals surface area contributed by atoms with Gasteiger partial charge in [0.1, 0.15) is 5.82 Å². The minimum absolute atomic E-state index is 0.256. The van der Waals surface area contributed by atoms with E-state index in [4.69, 9.17) is 0 Å². The Balaban J connectivity index is 1.70. The molecule has 0 radical (unpaired) electrons. The number of aliphatic hydroxyl groups excluding tert-OH is 1. The average Bonchev–Trinajstić information content (AvgIpc) is 3.00. The lowest BCUT2D eigenvalue weighted by Crippen LogP contribution is -2.13. The van der Waals surface area contributed by atoms with Crippen molar-refractivity contribution >= 4 is 0 Å². The molecule has 4 heteroatoms. The first-order valence-corrected chi connectivity index (χ1v) is 7.11. The molecule has 0 bridgehead atoms. The number of rotatable bonds is 4. The molecular formula is C15H21N3O. The number of H-pyrrole nitrogens is 1. The molecule has 2 aromatic rings. The fourth-order valence-corrected chi connectivity index (χ4v) is 3.09. The molecule has 1 atom stereocenters. The molecule has 1 aliphatic carbocycles. The first kappa shape index (κ1) is 12.5. The number of hydrogen-bond acceptors (Lipinski definition) is 2. The van der Waals surface area contributed by atoms with Gasteiger partial charge in [-0.3, -0.25) is 0 Å². The minimum atomic E-state index is -0.256. The van der Waals surface area contributed by atoms with Crippen molar-refractivity contribution in [3.8, 4) is 0 Å². The lowest BCUT2D eigenvalue weighted by atomic mass is 9.95. The molecule has 1 unspecified atom stereocenters. The van der Waals surface area contributed by atoms with Crippen LogP contribution in [0.3, 0.4) is 0 Å². The molecule has 2 aromatic heterocycles. The number of nitrogens with one attached hydrogen (secondary N) is 1. The minimum Gasteiger partial charge on any atom is -0.388 e. The van der Waals surface area contributed by atoms with Crippen molar-refractivity contribution < 1.29 is 5.11 Å². The summed E-state index contributed by atoms with van der Waals surface area (Å²) in [7, 11) is 0. The zero-order chi connectivity index (χ0) is 13.2. The SMILES string of the molecule is Cc1cc2c(n1CCCc1ncc[nH]1)CCCC2O. The molecule has 0 spiro atoms. The Morgan fingerprint density at radius 2 is 2.42 bits per heavy atom. The van der Waals surface area contributed by atoms with Gasteiger partial charge in [-0.25, -0.2) is 4.98 Å². The van der Waals surface area contributed by atoms with Crippen LogP contribution in [0.15, 0.2) is 18.5 Å². The molecule has 2 heterocycles. The van der Waals surface area contributed by atoms with Gasteiger partial charge in [-0.1, -0.05) is 0 Å². The number of fused-ring (bicyclic) bond motifs is 1. The number of hydrogen-bond donors (Lipinski definition) is 2. The van der Waals surface area contributed by atoms with Crippen molar-refractivity contribution in [3.63, 3.8) is 0 Å². The normalized spacial score (nSPS) is 18.5. The standard InChI is InChI=1S/C15H21N3O/c1-11-10-12-13(4-2-5-14(12)19)18(11)9-3-6-15-16-7-8-17-15/h7-8,10,14,19H,2-6,9H2,1H3,(H,16,17). The average molecular weight is 259 g/mol. The fourth-order valence-electron chi connectivity index (χ4n) is 3.09. The van der Waals surface area contributed by atoms with Gasteiger partial charge in [0.2, 0.25) is 0 Å². The van der Waals surface area contributed by atoms with Gasteiger partial charge in [-0.2, -0.15) is 0 Å². The lowest BCUT2D eigenvalue weighted by molar-refractivity contribution is 0.155. The maximum atomic E-state index is 10.0. The fraction of sp³-hybridized carbons (Fsp3) is 0.533. The molecule has 0 aliphatic heterocycles. The first-order chi connectivity index (χ1) is 9.25. The highest BCUT2D eigenvalue weighted by Gasteiger charge is 2.22. The Kier molecular flexibility index (Phi) is 3.42. The largest absolute Gasteiger partial charge is 0.388 e. The van der Waals surface area contributed by atoms with Gasteiger partial charge in [0.25, 0.3) is 0 Å². The van der Waals surface area contributed by atoms with Crippen molar-refractivity contribution in [1.29, 1.82) is 0 Å². The van der Waals surface area contributed by atoms with Gasteiger partial charge >= 0.3 is 0 Å². The van der Waals surface area contributed by atoms with Gasteiger partial charge in [0, 0.05) is 42.3 Å². The summed E-state index contributed by atoms with van der Waals surface area (Å²) in [4.78, 5) is 7.39. The molecular weight excluding hydrogens is 238 g/mol. The maximum Gasteiger partial charge on any atom is 0.106 e. The number of imidazole rings is 1. The topological polar surface area (TPSA) is 53.8 Å². The van der Waals surface area contributed by atoms with Crippen LogP contribution in [0.5, 0.6) is 0 Å². The maximum absolute atomic E-state index is 10.0. The molecule has 0 fully saturated rings. The molecule has 0 amide bonds. The second-order valence-electron chi connectivity index (χ2n) is 5.39. The first-order valence-electron chi connectivity index (χ1n) is 7.11. The highest BCUT2D eigenvalue weighted by molar-refractivity contribution is 5.31. The van der Waals surface area contributed by atoms with Gasteiger partial charge in [-0.05, 0) is 38.7 Å². The molecule has 0 saturated heterocycles. The highest BCUT2D eigenvalue weighted by Crippen LogP contribution is 2.32. The van der Waals surface area contributed by atoms with E-state index in [9.17, 15) is 5.11 Å². The van der Waals surface area contributed by atoms with Crippen molar-refractivity contribution in [2.75, 3.05) is 0 Å². The Labute approximate surface area is 113 Å². The number of aliphatic hydroxyl groups is 1. The molecule has 2 N–H and O–H groups in total. The van der Waals surface area contributed by atoms with Crippen LogP contribution in [0, 0.1) is 6.92 Å². The third-order valence-corrected chi connectivity index (χ3v) is 4.05. The van der Waals surface area contributed by atoms with E-state index < -0.39 is 0 Å². The number of aromatic amines is 1. The van der Waals surface area contributed by atoms with Crippen LogP contribution in [0.1, 0.15) is 48.1 Å². The lowest BCUT2D eigenvalue weighted by Gasteiger charge is -2.20. The third kappa shape index (κ3) is 2.45. The van der Waals surface area contributed by atoms with E-state index in [1.807, 2.05) is 6.20 Å². The second-order valence-corrected chi connectivity index (χ2v) is 5.39. The van der Waals surface area contributed by atoms with Crippen LogP contribution in [0.2, 0.25) is 0 Å². The van der Waals surface area contributed by atoms with Crippen molar-refractivity contribution in [3.05, 3.63) is 41.2 Å². The summed E-state index contributed by atoms with van der Waals surface area (Å²) in [6.07, 6.45) is 8.56. The quantitative estimate of drug-likeness (QED) is 0.886. The van der Waals surface area contributed by atoms with Crippen LogP contribution in [0.25, 0.3) is 0 Å². The van der Waals surface area contributed by atoms with E-state index in [0.717, 1.165) is 50.0 Å². The van der Waals surface area contributed by atoms with Crippen LogP contribution < -0.4 is 0 Å². The summed E-state index contributed by atoms with van der Waals surface area (Å²) in [5.41, 5.74) is 3.77. The highest BCUT2D eigenvalue weighted by atomic mass is 16.3. The second kappa shape index (κ2) is 5.21. The predicted molar refractivity (Wildman–Crippen MR) is 74.0 cm³/mol. The predicted octanol–water partition coefficient (Wildman–Crippen LogP) is 2.52. The molecule has 102 valence electrons. The summed E-state index contributed by atoms with van der Waals surface area (Å²) in [6, 6.07) is 2.16. The zero-order valence-corrected chi connectivity index (χ0v) is 11.4. The summed E-state index contributed by atoms with van der Waals surface area (Å²) < 4.78 is 2.38. The Hall–Kier alpha value is -1.55. The number of aryl methyl sites for hydroxylation is 2. The van der Waals surface area contributed by atoms with Crippen molar-refractivity contribution in [2.45, 2.75) is 51.7 Å².